The van der Waals surface area contributed by atoms with E-state index in [0.717, 1.165) is 26.8 Å². The van der Waals surface area contributed by atoms with E-state index in [1.807, 2.05) is 12.3 Å². The van der Waals surface area contributed by atoms with Crippen LogP contribution in [0.3, 0.4) is 0 Å². The van der Waals surface area contributed by atoms with Gasteiger partial charge in [0.25, 0.3) is 0 Å². The van der Waals surface area contributed by atoms with Gasteiger partial charge in [-0.15, -0.1) is 0 Å². The van der Waals surface area contributed by atoms with E-state index >= 15 is 0 Å². The molecular formula is C34H31GeNO. The number of hydrogen-bond donors (Lipinski definition) is 0. The topological polar surface area (TPSA) is 26.0 Å². The second-order valence-corrected chi connectivity index (χ2v) is 19.2. The van der Waals surface area contributed by atoms with Gasteiger partial charge in [-0.3, -0.25) is 0 Å². The predicted molar refractivity (Wildman–Crippen MR) is 159 cm³/mol. The third-order valence-corrected chi connectivity index (χ3v) is 16.4. The van der Waals surface area contributed by atoms with Crippen molar-refractivity contribution in [2.24, 2.45) is 0 Å². The fraction of sp³-hybridized carbons (Fsp3) is 0.147. The van der Waals surface area contributed by atoms with Crippen LogP contribution in [0, 0.1) is 0 Å². The van der Waals surface area contributed by atoms with E-state index in [2.05, 4.69) is 130 Å². The standard InChI is InChI=1S/C34H31GeNO/c1-34(2,3)30-22-25(21-24-13-11-12-18-28(24)30)33-29-23-32(37-31(29)19-20-36-33)35(4,26-14-7-5-8-15-26)27-16-9-6-10-17-27/h5-23H,1-4H3. The molecule has 0 aliphatic rings. The molecule has 182 valence electrons. The van der Waals surface area contributed by atoms with Crippen LogP contribution in [0.25, 0.3) is 33.0 Å². The van der Waals surface area contributed by atoms with Gasteiger partial charge in [0, 0.05) is 0 Å². The first-order valence-electron chi connectivity index (χ1n) is 12.9. The summed E-state index contributed by atoms with van der Waals surface area (Å²) in [5, 5.41) is 3.62. The Morgan fingerprint density at radius 3 is 1.95 bits per heavy atom. The molecule has 0 fully saturated rings. The molecule has 0 radical (unpaired) electrons. The van der Waals surface area contributed by atoms with E-state index in [1.54, 1.807) is 0 Å². The molecule has 0 bridgehead atoms. The van der Waals surface area contributed by atoms with Crippen molar-refractivity contribution in [3.8, 4) is 11.3 Å². The van der Waals surface area contributed by atoms with Crippen molar-refractivity contribution < 1.29 is 4.42 Å². The molecule has 4 aromatic carbocycles. The first-order chi connectivity index (χ1) is 17.9. The van der Waals surface area contributed by atoms with Gasteiger partial charge in [-0.1, -0.05) is 0 Å². The van der Waals surface area contributed by atoms with Gasteiger partial charge in [-0.2, -0.15) is 0 Å². The molecule has 0 atom stereocenters. The maximum atomic E-state index is 6.73. The Morgan fingerprint density at radius 2 is 1.30 bits per heavy atom. The SMILES string of the molecule is CC(C)(C)c1cc(-c2nccc3o[c]([Ge]([CH3])([c]4ccccc4)[c]4ccccc4)cc23)cc2ccccc12. The molecule has 0 saturated carbocycles. The fourth-order valence-electron chi connectivity index (χ4n) is 5.50. The molecule has 2 aromatic heterocycles. The molecule has 3 heteroatoms. The Bertz CT molecular complexity index is 1670. The summed E-state index contributed by atoms with van der Waals surface area (Å²) in [4.78, 5) is 4.91. The van der Waals surface area contributed by atoms with Gasteiger partial charge in [0.15, 0.2) is 0 Å². The van der Waals surface area contributed by atoms with Crippen molar-refractivity contribution in [3.05, 3.63) is 121 Å². The van der Waals surface area contributed by atoms with Crippen LogP contribution in [0.15, 0.2) is 120 Å². The molecule has 37 heavy (non-hydrogen) atoms. The Hall–Kier alpha value is -3.63. The zero-order chi connectivity index (χ0) is 25.6. The summed E-state index contributed by atoms with van der Waals surface area (Å²) in [6.45, 7) is 6.84. The van der Waals surface area contributed by atoms with E-state index in [9.17, 15) is 0 Å². The molecule has 6 rings (SSSR count). The summed E-state index contributed by atoms with van der Waals surface area (Å²) in [7, 11) is 0. The molecule has 6 aromatic rings. The fourth-order valence-corrected chi connectivity index (χ4v) is 12.6. The minimum absolute atomic E-state index is 0.0135. The van der Waals surface area contributed by atoms with Crippen molar-refractivity contribution >= 4 is 48.4 Å². The molecule has 0 saturated heterocycles. The van der Waals surface area contributed by atoms with Crippen LogP contribution >= 0.6 is 0 Å². The molecule has 0 spiro atoms. The molecule has 0 N–H and O–H groups in total. The van der Waals surface area contributed by atoms with Crippen LogP contribution in [0.2, 0.25) is 5.76 Å². The molecule has 2 heterocycles. The van der Waals surface area contributed by atoms with Crippen molar-refractivity contribution in [2.45, 2.75) is 31.9 Å². The van der Waals surface area contributed by atoms with Gasteiger partial charge < -0.3 is 0 Å². The van der Waals surface area contributed by atoms with E-state index < -0.39 is 13.3 Å². The number of pyridine rings is 1. The summed E-state index contributed by atoms with van der Waals surface area (Å²) in [6, 6.07) is 39.3. The molecule has 0 aliphatic heterocycles. The van der Waals surface area contributed by atoms with Crippen LogP contribution in [-0.4, -0.2) is 18.3 Å². The first-order valence-corrected chi connectivity index (χ1v) is 18.1. The number of nitrogens with zero attached hydrogens (tertiary/aromatic N) is 1. The molecule has 0 unspecified atom stereocenters. The number of fused-ring (bicyclic) bond motifs is 2. The number of hydrogen-bond acceptors (Lipinski definition) is 2. The van der Waals surface area contributed by atoms with E-state index in [0.29, 0.717) is 0 Å². The van der Waals surface area contributed by atoms with Crippen LogP contribution in [0.5, 0.6) is 0 Å². The van der Waals surface area contributed by atoms with Crippen LogP contribution in [0.4, 0.5) is 0 Å². The maximum absolute atomic E-state index is 6.73. The first kappa shape index (κ1) is 23.8. The molecule has 0 amide bonds. The van der Waals surface area contributed by atoms with Crippen molar-refractivity contribution in [1.29, 1.82) is 0 Å². The summed E-state index contributed by atoms with van der Waals surface area (Å²) < 4.78 is 10.6. The van der Waals surface area contributed by atoms with E-state index in [1.165, 1.54) is 25.1 Å². The van der Waals surface area contributed by atoms with Crippen LogP contribution in [-0.2, 0) is 5.41 Å². The minimum atomic E-state index is -3.03. The average Bonchev–Trinajstić information content (AvgIpc) is 3.37. The average molecular weight is 542 g/mol. The Kier molecular flexibility index (Phi) is 5.80. The Balaban J connectivity index is 1.59. The zero-order valence-corrected chi connectivity index (χ0v) is 23.9. The van der Waals surface area contributed by atoms with E-state index in [4.69, 9.17) is 9.40 Å². The van der Waals surface area contributed by atoms with Gasteiger partial charge in [0.2, 0.25) is 0 Å². The zero-order valence-electron chi connectivity index (χ0n) is 21.8. The molecule has 0 aliphatic carbocycles. The summed E-state index contributed by atoms with van der Waals surface area (Å²) in [5.41, 5.74) is 4.36. The number of furan rings is 1. The molecule has 2 nitrogen and oxygen atoms in total. The van der Waals surface area contributed by atoms with Crippen molar-refractivity contribution in [3.63, 3.8) is 0 Å². The second kappa shape index (κ2) is 9.04. The van der Waals surface area contributed by atoms with Crippen LogP contribution in [0.1, 0.15) is 26.3 Å². The van der Waals surface area contributed by atoms with Gasteiger partial charge in [-0.25, -0.2) is 0 Å². The number of benzene rings is 4. The third kappa shape index (κ3) is 4.10. The van der Waals surface area contributed by atoms with Gasteiger partial charge in [0.05, 0.1) is 0 Å². The predicted octanol–water partition coefficient (Wildman–Crippen LogP) is 7.05. The number of rotatable bonds is 4. The Morgan fingerprint density at radius 1 is 0.676 bits per heavy atom. The molecular weight excluding hydrogens is 511 g/mol. The van der Waals surface area contributed by atoms with Gasteiger partial charge in [0.1, 0.15) is 0 Å². The quantitative estimate of drug-likeness (QED) is 0.224. The summed E-state index contributed by atoms with van der Waals surface area (Å²) in [5.74, 6) is 2.43. The van der Waals surface area contributed by atoms with Crippen molar-refractivity contribution in [1.82, 2.24) is 4.98 Å². The second-order valence-electron chi connectivity index (χ2n) is 11.0. The summed E-state index contributed by atoms with van der Waals surface area (Å²) in [6.07, 6.45) is 1.88. The normalized spacial score (nSPS) is 12.3. The monoisotopic (exact) mass is 543 g/mol. The van der Waals surface area contributed by atoms with Gasteiger partial charge >= 0.3 is 222 Å². The summed E-state index contributed by atoms with van der Waals surface area (Å²) >= 11 is -3.03. The van der Waals surface area contributed by atoms with Gasteiger partial charge in [-0.05, 0) is 0 Å². The Labute approximate surface area is 221 Å². The third-order valence-electron chi connectivity index (χ3n) is 7.58. The van der Waals surface area contributed by atoms with Crippen LogP contribution < -0.4 is 13.4 Å². The van der Waals surface area contributed by atoms with E-state index in [-0.39, 0.29) is 5.41 Å². The number of aromatic nitrogens is 1. The van der Waals surface area contributed by atoms with Crippen molar-refractivity contribution in [2.75, 3.05) is 0 Å².